The second-order valence-electron chi connectivity index (χ2n) is 5.84. The Balaban J connectivity index is 2.05. The minimum Gasteiger partial charge on any atom is -0.310 e. The standard InChI is InChI=1S/C16H21FN4O6S2/c1-13-18-15(17)20-16(19-13)21(14-7-4-3-5-8-14)9-6-11-28(22,23)12-10-27-29(24,25)26-2/h3-5,7-8H,6,9-12H2,1-2H3. The molecule has 0 aliphatic rings. The highest BCUT2D eigenvalue weighted by atomic mass is 32.3. The number of anilines is 2. The molecule has 1 heterocycles. The van der Waals surface area contributed by atoms with Crippen molar-refractivity contribution in [3.8, 4) is 0 Å². The number of para-hydroxylation sites is 1. The van der Waals surface area contributed by atoms with E-state index >= 15 is 0 Å². The summed E-state index contributed by atoms with van der Waals surface area (Å²) >= 11 is 0. The van der Waals surface area contributed by atoms with E-state index in [-0.39, 0.29) is 30.5 Å². The van der Waals surface area contributed by atoms with Gasteiger partial charge in [0.25, 0.3) is 0 Å². The number of rotatable bonds is 11. The van der Waals surface area contributed by atoms with Crippen LogP contribution in [0.15, 0.2) is 30.3 Å². The third kappa shape index (κ3) is 7.61. The molecule has 0 unspecified atom stereocenters. The van der Waals surface area contributed by atoms with E-state index in [1.807, 2.05) is 0 Å². The predicted octanol–water partition coefficient (Wildman–Crippen LogP) is 1.17. The maximum Gasteiger partial charge on any atom is 0.399 e. The Kier molecular flexibility index (Phi) is 7.96. The summed E-state index contributed by atoms with van der Waals surface area (Å²) in [6.45, 7) is 1.16. The van der Waals surface area contributed by atoms with Crippen LogP contribution in [-0.4, -0.2) is 63.6 Å². The van der Waals surface area contributed by atoms with Gasteiger partial charge in [-0.05, 0) is 25.5 Å². The van der Waals surface area contributed by atoms with Crippen molar-refractivity contribution in [2.24, 2.45) is 0 Å². The van der Waals surface area contributed by atoms with Crippen LogP contribution in [0.4, 0.5) is 16.0 Å². The first-order valence-electron chi connectivity index (χ1n) is 8.48. The van der Waals surface area contributed by atoms with Crippen LogP contribution in [0, 0.1) is 13.0 Å². The third-order valence-corrected chi connectivity index (χ3v) is 6.24. The largest absolute Gasteiger partial charge is 0.399 e. The Bertz CT molecular complexity index is 999. The number of aryl methyl sites for hydroxylation is 1. The van der Waals surface area contributed by atoms with Gasteiger partial charge in [0.1, 0.15) is 5.82 Å². The molecule has 1 aromatic heterocycles. The predicted molar refractivity (Wildman–Crippen MR) is 103 cm³/mol. The van der Waals surface area contributed by atoms with Gasteiger partial charge in [-0.25, -0.2) is 12.6 Å². The van der Waals surface area contributed by atoms with Gasteiger partial charge in [0.15, 0.2) is 9.84 Å². The number of nitrogens with zero attached hydrogens (tertiary/aromatic N) is 4. The Morgan fingerprint density at radius 2 is 1.72 bits per heavy atom. The monoisotopic (exact) mass is 448 g/mol. The average molecular weight is 448 g/mol. The average Bonchev–Trinajstić information content (AvgIpc) is 2.65. The van der Waals surface area contributed by atoms with Gasteiger partial charge in [-0.2, -0.15) is 27.8 Å². The Morgan fingerprint density at radius 1 is 1.03 bits per heavy atom. The van der Waals surface area contributed by atoms with Crippen LogP contribution in [0.5, 0.6) is 0 Å². The molecule has 29 heavy (non-hydrogen) atoms. The molecule has 2 aromatic rings. The fraction of sp³-hybridized carbons (Fsp3) is 0.438. The van der Waals surface area contributed by atoms with Crippen LogP contribution in [-0.2, 0) is 28.6 Å². The van der Waals surface area contributed by atoms with Gasteiger partial charge >= 0.3 is 16.5 Å². The van der Waals surface area contributed by atoms with Crippen LogP contribution in [0.1, 0.15) is 12.2 Å². The fourth-order valence-electron chi connectivity index (χ4n) is 2.36. The zero-order chi connectivity index (χ0) is 21.5. The first kappa shape index (κ1) is 23.1. The lowest BCUT2D eigenvalue weighted by Gasteiger charge is -2.22. The first-order valence-corrected chi connectivity index (χ1v) is 11.6. The summed E-state index contributed by atoms with van der Waals surface area (Å²) in [5.74, 6) is -0.467. The van der Waals surface area contributed by atoms with Crippen molar-refractivity contribution in [2.45, 2.75) is 13.3 Å². The first-order chi connectivity index (χ1) is 13.6. The van der Waals surface area contributed by atoms with E-state index in [1.54, 1.807) is 35.2 Å². The minimum atomic E-state index is -4.19. The molecule has 0 atom stereocenters. The van der Waals surface area contributed by atoms with Gasteiger partial charge in [0.05, 0.1) is 25.2 Å². The van der Waals surface area contributed by atoms with Crippen LogP contribution in [0.3, 0.4) is 0 Å². The lowest BCUT2D eigenvalue weighted by atomic mass is 10.3. The van der Waals surface area contributed by atoms with E-state index in [2.05, 4.69) is 23.3 Å². The maximum atomic E-state index is 13.6. The van der Waals surface area contributed by atoms with Crippen LogP contribution < -0.4 is 4.90 Å². The van der Waals surface area contributed by atoms with Crippen molar-refractivity contribution >= 4 is 31.9 Å². The van der Waals surface area contributed by atoms with Gasteiger partial charge in [0.2, 0.25) is 5.95 Å². The van der Waals surface area contributed by atoms with Crippen molar-refractivity contribution in [3.05, 3.63) is 42.2 Å². The summed E-state index contributed by atoms with van der Waals surface area (Å²) in [5.41, 5.74) is 0.657. The smallest absolute Gasteiger partial charge is 0.310 e. The molecule has 0 aliphatic heterocycles. The van der Waals surface area contributed by atoms with Gasteiger partial charge < -0.3 is 4.90 Å². The number of aromatic nitrogens is 3. The molecule has 0 aliphatic carbocycles. The number of halogens is 1. The SMILES string of the molecule is COS(=O)(=O)OCCS(=O)(=O)CCCN(c1ccccc1)c1nc(C)nc(F)n1. The van der Waals surface area contributed by atoms with Crippen LogP contribution in [0.25, 0.3) is 0 Å². The van der Waals surface area contributed by atoms with Crippen LogP contribution >= 0.6 is 0 Å². The Hall–Kier alpha value is -2.22. The molecule has 10 nitrogen and oxygen atoms in total. The molecule has 0 spiro atoms. The number of hydrogen-bond donors (Lipinski definition) is 0. The van der Waals surface area contributed by atoms with E-state index < -0.39 is 38.7 Å². The number of benzene rings is 1. The lowest BCUT2D eigenvalue weighted by Crippen LogP contribution is -2.25. The molecule has 0 saturated heterocycles. The van der Waals surface area contributed by atoms with E-state index in [0.717, 1.165) is 7.11 Å². The molecule has 0 N–H and O–H groups in total. The van der Waals surface area contributed by atoms with Gasteiger partial charge in [-0.15, -0.1) is 0 Å². The zero-order valence-corrected chi connectivity index (χ0v) is 17.5. The van der Waals surface area contributed by atoms with Crippen LogP contribution in [0.2, 0.25) is 0 Å². The molecule has 160 valence electrons. The highest BCUT2D eigenvalue weighted by molar-refractivity contribution is 7.91. The topological polar surface area (TPSA) is 129 Å². The van der Waals surface area contributed by atoms with E-state index in [1.165, 1.54) is 6.92 Å². The maximum absolute atomic E-state index is 13.6. The summed E-state index contributed by atoms with van der Waals surface area (Å²) in [6, 6.07) is 8.87. The fourth-order valence-corrected chi connectivity index (χ4v) is 3.96. The highest BCUT2D eigenvalue weighted by Gasteiger charge is 2.18. The van der Waals surface area contributed by atoms with E-state index in [4.69, 9.17) is 0 Å². The van der Waals surface area contributed by atoms with Crippen molar-refractivity contribution in [3.63, 3.8) is 0 Å². The highest BCUT2D eigenvalue weighted by Crippen LogP contribution is 2.22. The van der Waals surface area contributed by atoms with Crippen molar-refractivity contribution < 1.29 is 29.6 Å². The molecule has 0 amide bonds. The Morgan fingerprint density at radius 3 is 2.34 bits per heavy atom. The third-order valence-electron chi connectivity index (χ3n) is 3.68. The zero-order valence-electron chi connectivity index (χ0n) is 15.9. The number of hydrogen-bond acceptors (Lipinski definition) is 10. The number of sulfone groups is 1. The molecule has 2 rings (SSSR count). The van der Waals surface area contributed by atoms with E-state index in [9.17, 15) is 21.2 Å². The summed E-state index contributed by atoms with van der Waals surface area (Å²) in [5, 5.41) is 0. The quantitative estimate of drug-likeness (QED) is 0.494. The van der Waals surface area contributed by atoms with Crippen molar-refractivity contribution in [1.29, 1.82) is 0 Å². The molecule has 13 heteroatoms. The summed E-state index contributed by atoms with van der Waals surface area (Å²) in [4.78, 5) is 12.9. The van der Waals surface area contributed by atoms with E-state index in [0.29, 0.717) is 5.69 Å². The van der Waals surface area contributed by atoms with Gasteiger partial charge in [0, 0.05) is 12.2 Å². The minimum absolute atomic E-state index is 0.0631. The van der Waals surface area contributed by atoms with Gasteiger partial charge in [-0.1, -0.05) is 18.2 Å². The molecule has 1 aromatic carbocycles. The lowest BCUT2D eigenvalue weighted by molar-refractivity contribution is 0.255. The second kappa shape index (κ2) is 10.0. The second-order valence-corrected chi connectivity index (χ2v) is 9.53. The molecule has 0 bridgehead atoms. The molecular formula is C16H21FN4O6S2. The molecule has 0 saturated carbocycles. The normalized spacial score (nSPS) is 12.1. The Labute approximate surface area is 169 Å². The summed E-state index contributed by atoms with van der Waals surface area (Å²) in [6.07, 6.45) is -0.766. The van der Waals surface area contributed by atoms with Gasteiger partial charge in [-0.3, -0.25) is 4.18 Å². The van der Waals surface area contributed by atoms with Crippen molar-refractivity contribution in [2.75, 3.05) is 36.7 Å². The summed E-state index contributed by atoms with van der Waals surface area (Å²) in [7, 11) is -6.86. The molecule has 0 fully saturated rings. The summed E-state index contributed by atoms with van der Waals surface area (Å²) < 4.78 is 68.5. The molecular weight excluding hydrogens is 427 g/mol. The molecule has 0 radical (unpaired) electrons. The van der Waals surface area contributed by atoms with Crippen molar-refractivity contribution in [1.82, 2.24) is 15.0 Å².